The molecule has 0 bridgehead atoms. The predicted octanol–water partition coefficient (Wildman–Crippen LogP) is 2.85. The van der Waals surface area contributed by atoms with Crippen LogP contribution >= 0.6 is 0 Å². The SMILES string of the molecule is O=C(CC1(C(=O)O)CCC1)NCCOc1ccc(C(F)(F)F)cc1. The number of alkyl halides is 3. The van der Waals surface area contributed by atoms with Gasteiger partial charge in [-0.2, -0.15) is 13.2 Å². The summed E-state index contributed by atoms with van der Waals surface area (Å²) in [6, 6.07) is 4.25. The minimum Gasteiger partial charge on any atom is -0.492 e. The summed E-state index contributed by atoms with van der Waals surface area (Å²) >= 11 is 0. The van der Waals surface area contributed by atoms with E-state index in [-0.39, 0.29) is 31.2 Å². The van der Waals surface area contributed by atoms with Crippen LogP contribution in [0.3, 0.4) is 0 Å². The van der Waals surface area contributed by atoms with Crippen molar-refractivity contribution in [1.29, 1.82) is 0 Å². The van der Waals surface area contributed by atoms with Crippen LogP contribution in [0.15, 0.2) is 24.3 Å². The second-order valence-corrected chi connectivity index (χ2v) is 5.84. The maximum Gasteiger partial charge on any atom is 0.416 e. The fourth-order valence-electron chi connectivity index (χ4n) is 2.54. The molecule has 1 aliphatic rings. The van der Waals surface area contributed by atoms with Crippen molar-refractivity contribution < 1.29 is 32.6 Å². The van der Waals surface area contributed by atoms with E-state index in [0.717, 1.165) is 18.6 Å². The van der Waals surface area contributed by atoms with Gasteiger partial charge >= 0.3 is 12.1 Å². The molecule has 0 unspecified atom stereocenters. The van der Waals surface area contributed by atoms with Crippen LogP contribution in [0.4, 0.5) is 13.2 Å². The first-order valence-electron chi connectivity index (χ1n) is 7.53. The predicted molar refractivity (Wildman–Crippen MR) is 78.5 cm³/mol. The number of carboxylic acids is 1. The molecule has 2 N–H and O–H groups in total. The Kier molecular flexibility index (Phi) is 5.36. The molecule has 1 saturated carbocycles. The maximum absolute atomic E-state index is 12.4. The largest absolute Gasteiger partial charge is 0.492 e. The zero-order valence-electron chi connectivity index (χ0n) is 12.9. The van der Waals surface area contributed by atoms with Crippen LogP contribution in [0.2, 0.25) is 0 Å². The van der Waals surface area contributed by atoms with Gasteiger partial charge < -0.3 is 15.2 Å². The normalized spacial score (nSPS) is 16.1. The lowest BCUT2D eigenvalue weighted by atomic mass is 9.66. The number of carbonyl (C=O) groups excluding carboxylic acids is 1. The first kappa shape index (κ1) is 18.1. The van der Waals surface area contributed by atoms with E-state index in [1.54, 1.807) is 0 Å². The van der Waals surface area contributed by atoms with Crippen molar-refractivity contribution in [3.05, 3.63) is 29.8 Å². The van der Waals surface area contributed by atoms with Gasteiger partial charge in [-0.25, -0.2) is 0 Å². The third-order valence-electron chi connectivity index (χ3n) is 4.14. The van der Waals surface area contributed by atoms with Gasteiger partial charge in [0.25, 0.3) is 0 Å². The summed E-state index contributed by atoms with van der Waals surface area (Å²) in [7, 11) is 0. The molecule has 1 aliphatic carbocycles. The minimum absolute atomic E-state index is 0.0669. The standard InChI is InChI=1S/C16H18F3NO4/c17-16(18,19)11-2-4-12(5-3-11)24-9-8-20-13(21)10-15(14(22)23)6-1-7-15/h2-5H,1,6-10H2,(H,20,21)(H,22,23). The molecule has 0 aromatic heterocycles. The summed E-state index contributed by atoms with van der Waals surface area (Å²) < 4.78 is 42.5. The van der Waals surface area contributed by atoms with Crippen LogP contribution in [-0.2, 0) is 15.8 Å². The van der Waals surface area contributed by atoms with E-state index in [2.05, 4.69) is 5.32 Å². The number of hydrogen-bond donors (Lipinski definition) is 2. The number of halogens is 3. The Morgan fingerprint density at radius 3 is 2.29 bits per heavy atom. The first-order valence-corrected chi connectivity index (χ1v) is 7.53. The van der Waals surface area contributed by atoms with Gasteiger partial charge in [-0.05, 0) is 37.1 Å². The lowest BCUT2D eigenvalue weighted by Gasteiger charge is -2.36. The molecule has 2 rings (SSSR count). The lowest BCUT2D eigenvalue weighted by molar-refractivity contribution is -0.157. The van der Waals surface area contributed by atoms with E-state index in [4.69, 9.17) is 9.84 Å². The van der Waals surface area contributed by atoms with Crippen molar-refractivity contribution in [3.63, 3.8) is 0 Å². The average Bonchev–Trinajstić information content (AvgIpc) is 2.46. The Bertz CT molecular complexity index is 594. The van der Waals surface area contributed by atoms with Gasteiger partial charge in [0.15, 0.2) is 0 Å². The maximum atomic E-state index is 12.4. The van der Waals surface area contributed by atoms with Gasteiger partial charge in [-0.1, -0.05) is 6.42 Å². The lowest BCUT2D eigenvalue weighted by Crippen LogP contribution is -2.43. The van der Waals surface area contributed by atoms with Crippen LogP contribution in [-0.4, -0.2) is 30.1 Å². The number of amides is 1. The molecule has 1 aromatic rings. The van der Waals surface area contributed by atoms with Crippen LogP contribution in [0, 0.1) is 5.41 Å². The van der Waals surface area contributed by atoms with Crippen molar-refractivity contribution in [2.24, 2.45) is 5.41 Å². The van der Waals surface area contributed by atoms with Gasteiger partial charge in [-0.15, -0.1) is 0 Å². The number of rotatable bonds is 7. The molecule has 0 saturated heterocycles. The summed E-state index contributed by atoms with van der Waals surface area (Å²) in [5, 5.41) is 11.7. The third-order valence-corrected chi connectivity index (χ3v) is 4.14. The number of carboxylic acid groups (broad SMARTS) is 1. The van der Waals surface area contributed by atoms with Gasteiger partial charge in [0.05, 0.1) is 17.5 Å². The smallest absolute Gasteiger partial charge is 0.416 e. The van der Waals surface area contributed by atoms with Crippen molar-refractivity contribution in [1.82, 2.24) is 5.32 Å². The van der Waals surface area contributed by atoms with Crippen LogP contribution in [0.5, 0.6) is 5.75 Å². The number of hydrogen-bond acceptors (Lipinski definition) is 3. The Balaban J connectivity index is 1.71. The number of aliphatic carboxylic acids is 1. The van der Waals surface area contributed by atoms with Gasteiger partial charge in [-0.3, -0.25) is 9.59 Å². The minimum atomic E-state index is -4.39. The molecule has 1 fully saturated rings. The highest BCUT2D eigenvalue weighted by Gasteiger charge is 2.45. The molecular weight excluding hydrogens is 327 g/mol. The highest BCUT2D eigenvalue weighted by Crippen LogP contribution is 2.44. The first-order chi connectivity index (χ1) is 11.2. The van der Waals surface area contributed by atoms with Crippen molar-refractivity contribution >= 4 is 11.9 Å². The molecule has 0 atom stereocenters. The van der Waals surface area contributed by atoms with Crippen molar-refractivity contribution in [2.45, 2.75) is 31.9 Å². The average molecular weight is 345 g/mol. The highest BCUT2D eigenvalue weighted by molar-refractivity contribution is 5.85. The van der Waals surface area contributed by atoms with E-state index in [9.17, 15) is 22.8 Å². The van der Waals surface area contributed by atoms with Crippen LogP contribution < -0.4 is 10.1 Å². The molecule has 0 spiro atoms. The molecule has 5 nitrogen and oxygen atoms in total. The Morgan fingerprint density at radius 1 is 1.21 bits per heavy atom. The summed E-state index contributed by atoms with van der Waals surface area (Å²) in [6.45, 7) is 0.229. The van der Waals surface area contributed by atoms with Crippen LogP contribution in [0.1, 0.15) is 31.2 Å². The fraction of sp³-hybridized carbons (Fsp3) is 0.500. The van der Waals surface area contributed by atoms with Crippen LogP contribution in [0.25, 0.3) is 0 Å². The number of ether oxygens (including phenoxy) is 1. The second kappa shape index (κ2) is 7.11. The number of nitrogens with one attached hydrogen (secondary N) is 1. The van der Waals surface area contributed by atoms with Crippen molar-refractivity contribution in [3.8, 4) is 5.75 Å². The molecule has 24 heavy (non-hydrogen) atoms. The quantitative estimate of drug-likeness (QED) is 0.745. The molecule has 132 valence electrons. The van der Waals surface area contributed by atoms with E-state index in [0.29, 0.717) is 12.8 Å². The summed E-state index contributed by atoms with van der Waals surface area (Å²) in [5.74, 6) is -1.06. The molecule has 8 heteroatoms. The molecule has 1 amide bonds. The molecular formula is C16H18F3NO4. The molecule has 0 radical (unpaired) electrons. The monoisotopic (exact) mass is 345 g/mol. The number of benzene rings is 1. The third kappa shape index (κ3) is 4.39. The topological polar surface area (TPSA) is 75.6 Å². The second-order valence-electron chi connectivity index (χ2n) is 5.84. The van der Waals surface area contributed by atoms with Crippen molar-refractivity contribution in [2.75, 3.05) is 13.2 Å². The van der Waals surface area contributed by atoms with Gasteiger partial charge in [0.2, 0.25) is 5.91 Å². The van der Waals surface area contributed by atoms with E-state index >= 15 is 0 Å². The summed E-state index contributed by atoms with van der Waals surface area (Å²) in [6.07, 6.45) is -2.66. The Morgan fingerprint density at radius 2 is 1.83 bits per heavy atom. The number of carbonyl (C=O) groups is 2. The highest BCUT2D eigenvalue weighted by atomic mass is 19.4. The van der Waals surface area contributed by atoms with Gasteiger partial charge in [0.1, 0.15) is 12.4 Å². The van der Waals surface area contributed by atoms with Gasteiger partial charge in [0, 0.05) is 6.42 Å². The zero-order valence-corrected chi connectivity index (χ0v) is 12.9. The fourth-order valence-corrected chi connectivity index (χ4v) is 2.54. The van der Waals surface area contributed by atoms with E-state index in [1.165, 1.54) is 12.1 Å². The summed E-state index contributed by atoms with van der Waals surface area (Å²) in [4.78, 5) is 22.9. The Labute approximate surface area is 136 Å². The van der Waals surface area contributed by atoms with E-state index in [1.807, 2.05) is 0 Å². The summed E-state index contributed by atoms with van der Waals surface area (Å²) in [5.41, 5.74) is -1.71. The van der Waals surface area contributed by atoms with E-state index < -0.39 is 23.1 Å². The molecule has 1 aromatic carbocycles. The Hall–Kier alpha value is -2.25. The molecule has 0 heterocycles. The zero-order chi connectivity index (χ0) is 17.8. The molecule has 0 aliphatic heterocycles.